The molecule has 1 fully saturated rings. The second-order valence-corrected chi connectivity index (χ2v) is 7.24. The standard InChI is InChI=1S/C19H26N4OS/c1-20-19(22-11-9-17-7-4-12-25-17)23-14-15-8-10-21-18(13-15)24-16-5-2-3-6-16/h4,7-8,10,12-13,16H,2-3,5-6,9,11,14H2,1H3,(H2,20,22,23). The molecular formula is C19H26N4OS. The molecule has 0 amide bonds. The number of rotatable bonds is 7. The first-order chi connectivity index (χ1) is 12.3. The number of aromatic nitrogens is 1. The molecule has 2 aromatic rings. The lowest BCUT2D eigenvalue weighted by atomic mass is 10.2. The van der Waals surface area contributed by atoms with Crippen LogP contribution in [0.15, 0.2) is 40.8 Å². The molecule has 2 heterocycles. The smallest absolute Gasteiger partial charge is 0.213 e. The fourth-order valence-electron chi connectivity index (χ4n) is 2.97. The van der Waals surface area contributed by atoms with E-state index in [1.807, 2.05) is 18.3 Å². The van der Waals surface area contributed by atoms with Gasteiger partial charge in [0.25, 0.3) is 0 Å². The molecule has 1 saturated carbocycles. The van der Waals surface area contributed by atoms with Crippen molar-refractivity contribution in [1.82, 2.24) is 15.6 Å². The molecule has 0 spiro atoms. The number of pyridine rings is 1. The van der Waals surface area contributed by atoms with Crippen molar-refractivity contribution >= 4 is 17.3 Å². The molecular weight excluding hydrogens is 332 g/mol. The van der Waals surface area contributed by atoms with Gasteiger partial charge in [-0.1, -0.05) is 6.07 Å². The molecule has 0 saturated heterocycles. The first-order valence-corrected chi connectivity index (χ1v) is 9.80. The highest BCUT2D eigenvalue weighted by Gasteiger charge is 2.17. The number of thiophene rings is 1. The number of nitrogens with one attached hydrogen (secondary N) is 2. The Kier molecular flexibility index (Phi) is 6.68. The van der Waals surface area contributed by atoms with Crippen LogP contribution in [0.4, 0.5) is 0 Å². The summed E-state index contributed by atoms with van der Waals surface area (Å²) in [5.41, 5.74) is 1.14. The molecule has 5 nitrogen and oxygen atoms in total. The van der Waals surface area contributed by atoms with Gasteiger partial charge in [0.1, 0.15) is 6.10 Å². The van der Waals surface area contributed by atoms with Gasteiger partial charge in [0, 0.05) is 37.3 Å². The van der Waals surface area contributed by atoms with Crippen LogP contribution in [0.25, 0.3) is 0 Å². The van der Waals surface area contributed by atoms with E-state index in [0.717, 1.165) is 43.2 Å². The van der Waals surface area contributed by atoms with E-state index >= 15 is 0 Å². The van der Waals surface area contributed by atoms with Gasteiger partial charge in [-0.2, -0.15) is 0 Å². The Balaban J connectivity index is 1.44. The maximum absolute atomic E-state index is 5.97. The summed E-state index contributed by atoms with van der Waals surface area (Å²) in [4.78, 5) is 9.99. The minimum Gasteiger partial charge on any atom is -0.474 e. The van der Waals surface area contributed by atoms with E-state index in [-0.39, 0.29) is 0 Å². The van der Waals surface area contributed by atoms with Crippen molar-refractivity contribution in [3.05, 3.63) is 46.3 Å². The van der Waals surface area contributed by atoms with Gasteiger partial charge >= 0.3 is 0 Å². The zero-order chi connectivity index (χ0) is 17.3. The van der Waals surface area contributed by atoms with Crippen LogP contribution >= 0.6 is 11.3 Å². The van der Waals surface area contributed by atoms with Crippen molar-refractivity contribution in [2.75, 3.05) is 13.6 Å². The Labute approximate surface area is 153 Å². The van der Waals surface area contributed by atoms with Gasteiger partial charge in [-0.3, -0.25) is 4.99 Å². The number of guanidine groups is 1. The topological polar surface area (TPSA) is 58.5 Å². The van der Waals surface area contributed by atoms with Crippen molar-refractivity contribution in [2.24, 2.45) is 4.99 Å². The first-order valence-electron chi connectivity index (χ1n) is 8.92. The predicted molar refractivity (Wildman–Crippen MR) is 103 cm³/mol. The molecule has 25 heavy (non-hydrogen) atoms. The zero-order valence-corrected chi connectivity index (χ0v) is 15.5. The number of hydrogen-bond acceptors (Lipinski definition) is 4. The number of hydrogen-bond donors (Lipinski definition) is 2. The highest BCUT2D eigenvalue weighted by atomic mass is 32.1. The minimum absolute atomic E-state index is 0.336. The Bertz CT molecular complexity index is 666. The number of ether oxygens (including phenoxy) is 1. The predicted octanol–water partition coefficient (Wildman–Crippen LogP) is 3.37. The molecule has 2 aromatic heterocycles. The molecule has 0 atom stereocenters. The third-order valence-corrected chi connectivity index (χ3v) is 5.25. The van der Waals surface area contributed by atoms with Crippen LogP contribution in [0.1, 0.15) is 36.1 Å². The lowest BCUT2D eigenvalue weighted by molar-refractivity contribution is 0.201. The average Bonchev–Trinajstić information content (AvgIpc) is 3.32. The molecule has 0 aliphatic heterocycles. The molecule has 0 radical (unpaired) electrons. The highest BCUT2D eigenvalue weighted by molar-refractivity contribution is 7.09. The SMILES string of the molecule is CN=C(NCCc1cccs1)NCc1ccnc(OC2CCCC2)c1. The monoisotopic (exact) mass is 358 g/mol. The Hall–Kier alpha value is -2.08. The van der Waals surface area contributed by atoms with E-state index < -0.39 is 0 Å². The molecule has 0 aromatic carbocycles. The highest BCUT2D eigenvalue weighted by Crippen LogP contribution is 2.23. The molecule has 2 N–H and O–H groups in total. The molecule has 134 valence electrons. The van der Waals surface area contributed by atoms with Crippen molar-refractivity contribution in [1.29, 1.82) is 0 Å². The number of nitrogens with zero attached hydrogens (tertiary/aromatic N) is 2. The van der Waals surface area contributed by atoms with Crippen molar-refractivity contribution in [2.45, 2.75) is 44.8 Å². The van der Waals surface area contributed by atoms with E-state index in [4.69, 9.17) is 4.74 Å². The zero-order valence-electron chi connectivity index (χ0n) is 14.7. The summed E-state index contributed by atoms with van der Waals surface area (Å²) >= 11 is 1.79. The molecule has 3 rings (SSSR count). The van der Waals surface area contributed by atoms with Gasteiger partial charge < -0.3 is 15.4 Å². The normalized spacial score (nSPS) is 15.3. The van der Waals surface area contributed by atoms with E-state index in [1.54, 1.807) is 18.4 Å². The Morgan fingerprint density at radius 3 is 2.96 bits per heavy atom. The molecule has 0 unspecified atom stereocenters. The molecule has 6 heteroatoms. The van der Waals surface area contributed by atoms with Gasteiger partial charge in [0.05, 0.1) is 0 Å². The Morgan fingerprint density at radius 1 is 1.32 bits per heavy atom. The van der Waals surface area contributed by atoms with Gasteiger partial charge in [0.2, 0.25) is 5.88 Å². The summed E-state index contributed by atoms with van der Waals surface area (Å²) in [7, 11) is 1.79. The van der Waals surface area contributed by atoms with Crippen LogP contribution < -0.4 is 15.4 Å². The second-order valence-electron chi connectivity index (χ2n) is 6.21. The van der Waals surface area contributed by atoms with Crippen LogP contribution in [-0.2, 0) is 13.0 Å². The second kappa shape index (κ2) is 9.42. The van der Waals surface area contributed by atoms with Crippen molar-refractivity contribution < 1.29 is 4.74 Å². The fourth-order valence-corrected chi connectivity index (χ4v) is 3.68. The molecule has 1 aliphatic carbocycles. The minimum atomic E-state index is 0.336. The van der Waals surface area contributed by atoms with Gasteiger partial charge in [-0.05, 0) is 55.2 Å². The van der Waals surface area contributed by atoms with Crippen molar-refractivity contribution in [3.63, 3.8) is 0 Å². The van der Waals surface area contributed by atoms with Crippen LogP contribution in [0.3, 0.4) is 0 Å². The summed E-state index contributed by atoms with van der Waals surface area (Å²) < 4.78 is 5.97. The lowest BCUT2D eigenvalue weighted by Gasteiger charge is -2.14. The molecule has 1 aliphatic rings. The number of aliphatic imine (C=N–C) groups is 1. The van der Waals surface area contributed by atoms with Crippen LogP contribution in [0.2, 0.25) is 0 Å². The summed E-state index contributed by atoms with van der Waals surface area (Å²) in [5.74, 6) is 1.54. The average molecular weight is 359 g/mol. The van der Waals surface area contributed by atoms with Crippen LogP contribution in [0.5, 0.6) is 5.88 Å². The van der Waals surface area contributed by atoms with Gasteiger partial charge in [0.15, 0.2) is 5.96 Å². The van der Waals surface area contributed by atoms with Crippen LogP contribution in [0, 0.1) is 0 Å². The van der Waals surface area contributed by atoms with Gasteiger partial charge in [-0.25, -0.2) is 4.98 Å². The third kappa shape index (κ3) is 5.74. The van der Waals surface area contributed by atoms with Crippen LogP contribution in [-0.4, -0.2) is 30.6 Å². The van der Waals surface area contributed by atoms with E-state index in [2.05, 4.69) is 38.1 Å². The summed E-state index contributed by atoms with van der Waals surface area (Å²) in [5, 5.41) is 8.80. The fraction of sp³-hybridized carbons (Fsp3) is 0.474. The maximum Gasteiger partial charge on any atom is 0.213 e. The molecule has 0 bridgehead atoms. The Morgan fingerprint density at radius 2 is 2.20 bits per heavy atom. The van der Waals surface area contributed by atoms with E-state index in [9.17, 15) is 0 Å². The summed E-state index contributed by atoms with van der Waals surface area (Å²) in [6.45, 7) is 1.56. The van der Waals surface area contributed by atoms with Crippen molar-refractivity contribution in [3.8, 4) is 5.88 Å². The van der Waals surface area contributed by atoms with E-state index in [1.165, 1.54) is 17.7 Å². The summed E-state index contributed by atoms with van der Waals surface area (Å²) in [6, 6.07) is 8.27. The van der Waals surface area contributed by atoms with Gasteiger partial charge in [-0.15, -0.1) is 11.3 Å². The maximum atomic E-state index is 5.97. The first kappa shape index (κ1) is 17.7. The largest absolute Gasteiger partial charge is 0.474 e. The third-order valence-electron chi connectivity index (χ3n) is 4.32. The summed E-state index contributed by atoms with van der Waals surface area (Å²) in [6.07, 6.45) is 7.97. The quantitative estimate of drug-likeness (QED) is 0.588. The van der Waals surface area contributed by atoms with E-state index in [0.29, 0.717) is 12.6 Å². The lowest BCUT2D eigenvalue weighted by Crippen LogP contribution is -2.37.